The lowest BCUT2D eigenvalue weighted by Crippen LogP contribution is -2.63. The molecule has 19 atom stereocenters. The molecule has 0 radical (unpaired) electrons. The minimum Gasteiger partial charge on any atom is -0.462 e. The monoisotopic (exact) mass is 967 g/mol. The Kier molecular flexibility index (Phi) is 24.0. The first-order valence-electron chi connectivity index (χ1n) is 23.4. The second kappa shape index (κ2) is 27.0. The van der Waals surface area contributed by atoms with Crippen LogP contribution >= 0.6 is 7.82 Å². The van der Waals surface area contributed by atoms with Crippen molar-refractivity contribution >= 4 is 19.6 Å². The zero-order chi connectivity index (χ0) is 49.8. The third kappa shape index (κ3) is 17.6. The maximum Gasteiger partial charge on any atom is 0.466 e. The highest BCUT2D eigenvalue weighted by atomic mass is 31.2. The Bertz CT molecular complexity index is 1580. The highest BCUT2D eigenvalue weighted by Gasteiger charge is 2.48. The summed E-state index contributed by atoms with van der Waals surface area (Å²) in [6.07, 6.45) is -2.96. The predicted octanol–water partition coefficient (Wildman–Crippen LogP) is 2.41. The predicted molar refractivity (Wildman–Crippen MR) is 243 cm³/mol. The molecule has 384 valence electrons. The highest BCUT2D eigenvalue weighted by molar-refractivity contribution is 7.45. The number of phosphoric acid groups is 1. The number of hydrogen-bond donors (Lipinski definition) is 7. The van der Waals surface area contributed by atoms with E-state index in [2.05, 4.69) is 18.7 Å². The Labute approximate surface area is 392 Å². The summed E-state index contributed by atoms with van der Waals surface area (Å²) in [5.74, 6) is -1.46. The molecule has 4 aliphatic rings. The van der Waals surface area contributed by atoms with Crippen LogP contribution in [-0.4, -0.2) is 191 Å². The smallest absolute Gasteiger partial charge is 0.462 e. The number of aliphatic hydroxyl groups excluding tert-OH is 4. The van der Waals surface area contributed by atoms with Crippen molar-refractivity contribution in [3.05, 3.63) is 23.8 Å². The first-order chi connectivity index (χ1) is 30.8. The van der Waals surface area contributed by atoms with Gasteiger partial charge in [-0.15, -0.1) is 0 Å². The van der Waals surface area contributed by atoms with E-state index in [4.69, 9.17) is 52.4 Å². The van der Waals surface area contributed by atoms with E-state index >= 15 is 0 Å². The van der Waals surface area contributed by atoms with Gasteiger partial charge in [0.2, 0.25) is 0 Å². The van der Waals surface area contributed by atoms with Crippen molar-refractivity contribution < 1.29 is 82.4 Å². The maximum absolute atomic E-state index is 14.0. The number of nitrogens with zero attached hydrogens (tertiary/aromatic N) is 2. The molecule has 4 rings (SSSR count). The van der Waals surface area contributed by atoms with Gasteiger partial charge in [-0.05, 0) is 90.9 Å². The molecule has 0 aromatic carbocycles. The standard InChI is InChI=1S/C46H80N2O13.H3O4P/c1-13-36-33(24-57-46-44(56-12)43(55-11)40(53)31(8)59-46)19-25(2)14-15-34(49)28(5)20-32(16-17-48-22-26(3)18-27(4)23-48)42(29(6)35(50)21-37(51)60-36)61-45-41(54)38(47(9)10)39(52)30(7)58-45;1-5(2,3)4/h14-15,19,26-33,35-36,38-46,50,52-54H,13,16-18,20-24H2,1-12H3;(H3,1,2,3,4)/b15-14+,25-19+;/t26-,27+,28-,29?,30-,31-,32+,33-,35-,36-,38+,39-,40-,41-,42-,43-,44-,45+,46-;/m1./s1. The molecule has 19 nitrogen and oxygen atoms in total. The summed E-state index contributed by atoms with van der Waals surface area (Å²) in [5, 5.41) is 45.3. The van der Waals surface area contributed by atoms with Crippen LogP contribution in [0.5, 0.6) is 0 Å². The number of allylic oxidation sites excluding steroid dienone is 3. The van der Waals surface area contributed by atoms with Gasteiger partial charge in [0.05, 0.1) is 49.6 Å². The number of likely N-dealkylation sites (N-methyl/N-ethyl adjacent to an activating group) is 1. The van der Waals surface area contributed by atoms with Crippen molar-refractivity contribution in [1.29, 1.82) is 0 Å². The van der Waals surface area contributed by atoms with E-state index in [1.165, 1.54) is 20.6 Å². The number of hydrogen-bond acceptors (Lipinski definition) is 16. The van der Waals surface area contributed by atoms with Gasteiger partial charge >= 0.3 is 13.8 Å². The van der Waals surface area contributed by atoms with Gasteiger partial charge < -0.3 is 78.1 Å². The van der Waals surface area contributed by atoms with Crippen LogP contribution in [0.1, 0.15) is 87.5 Å². The summed E-state index contributed by atoms with van der Waals surface area (Å²) in [6, 6.07) is -0.684. The van der Waals surface area contributed by atoms with Gasteiger partial charge in [-0.1, -0.05) is 52.3 Å². The van der Waals surface area contributed by atoms with E-state index in [0.717, 1.165) is 25.2 Å². The minimum absolute atomic E-state index is 0.0427. The zero-order valence-electron chi connectivity index (χ0n) is 41.1. The molecule has 0 spiro atoms. The third-order valence-corrected chi connectivity index (χ3v) is 13.5. The number of ether oxygens (including phenoxy) is 7. The van der Waals surface area contributed by atoms with Crippen molar-refractivity contribution in [2.45, 2.75) is 167 Å². The largest absolute Gasteiger partial charge is 0.466 e. The van der Waals surface area contributed by atoms with E-state index in [1.54, 1.807) is 45.0 Å². The van der Waals surface area contributed by atoms with Crippen LogP contribution in [0, 0.1) is 35.5 Å². The molecule has 4 aliphatic heterocycles. The van der Waals surface area contributed by atoms with Crippen LogP contribution in [0.15, 0.2) is 23.8 Å². The Morgan fingerprint density at radius 3 is 1.95 bits per heavy atom. The summed E-state index contributed by atoms with van der Waals surface area (Å²) in [7, 11) is 1.90. The van der Waals surface area contributed by atoms with Crippen molar-refractivity contribution in [3.8, 4) is 0 Å². The van der Waals surface area contributed by atoms with Crippen LogP contribution in [-0.2, 0) is 47.3 Å². The zero-order valence-corrected chi connectivity index (χ0v) is 42.0. The number of piperidine rings is 1. The fourth-order valence-corrected chi connectivity index (χ4v) is 10.0. The van der Waals surface area contributed by atoms with Crippen LogP contribution in [0.4, 0.5) is 0 Å². The molecule has 3 fully saturated rings. The van der Waals surface area contributed by atoms with E-state index in [1.807, 2.05) is 33.8 Å². The Morgan fingerprint density at radius 1 is 0.818 bits per heavy atom. The second-order valence-electron chi connectivity index (χ2n) is 19.5. The molecule has 0 bridgehead atoms. The lowest BCUT2D eigenvalue weighted by atomic mass is 9.79. The summed E-state index contributed by atoms with van der Waals surface area (Å²) in [6.45, 7) is 18.2. The molecule has 7 N–H and O–H groups in total. The first-order valence-corrected chi connectivity index (χ1v) is 25.0. The molecule has 20 heteroatoms. The molecule has 0 aromatic heterocycles. The number of carbonyl (C=O) groups is 2. The summed E-state index contributed by atoms with van der Waals surface area (Å²) in [5.41, 5.74) is 0.761. The summed E-state index contributed by atoms with van der Waals surface area (Å²) >= 11 is 0. The molecular formula is C46H83N2O17P. The molecule has 4 heterocycles. The second-order valence-corrected chi connectivity index (χ2v) is 20.5. The maximum atomic E-state index is 14.0. The molecule has 1 unspecified atom stereocenters. The molecule has 0 aliphatic carbocycles. The number of cyclic esters (lactones) is 1. The third-order valence-electron chi connectivity index (χ3n) is 13.5. The topological polar surface area (TPSA) is 264 Å². The van der Waals surface area contributed by atoms with E-state index in [9.17, 15) is 30.0 Å². The van der Waals surface area contributed by atoms with Gasteiger partial charge in [0.1, 0.15) is 30.5 Å². The normalized spacial score (nSPS) is 41.9. The van der Waals surface area contributed by atoms with E-state index in [0.29, 0.717) is 31.1 Å². The number of ketones is 1. The van der Waals surface area contributed by atoms with Gasteiger partial charge in [0, 0.05) is 45.1 Å². The van der Waals surface area contributed by atoms with Crippen molar-refractivity contribution in [2.75, 3.05) is 54.6 Å². The average molecular weight is 967 g/mol. The van der Waals surface area contributed by atoms with Gasteiger partial charge in [-0.2, -0.15) is 0 Å². The number of methoxy groups -OCH3 is 2. The van der Waals surface area contributed by atoms with Crippen LogP contribution < -0.4 is 0 Å². The fraction of sp³-hybridized carbons (Fsp3) is 0.870. The van der Waals surface area contributed by atoms with Gasteiger partial charge in [-0.3, -0.25) is 9.59 Å². The summed E-state index contributed by atoms with van der Waals surface area (Å²) in [4.78, 5) is 53.6. The van der Waals surface area contributed by atoms with Crippen molar-refractivity contribution in [3.63, 3.8) is 0 Å². The number of esters is 1. The van der Waals surface area contributed by atoms with Crippen LogP contribution in [0.3, 0.4) is 0 Å². The summed E-state index contributed by atoms with van der Waals surface area (Å²) < 4.78 is 51.5. The van der Waals surface area contributed by atoms with Crippen LogP contribution in [0.2, 0.25) is 0 Å². The Hall–Kier alpha value is -1.75. The average Bonchev–Trinajstić information content (AvgIpc) is 3.22. The van der Waals surface area contributed by atoms with E-state index < -0.39 is 111 Å². The lowest BCUT2D eigenvalue weighted by molar-refractivity contribution is -0.304. The molecule has 66 heavy (non-hydrogen) atoms. The number of rotatable bonds is 12. The van der Waals surface area contributed by atoms with Crippen molar-refractivity contribution in [1.82, 2.24) is 9.80 Å². The SMILES string of the molecule is CC[C@H]1OC(=O)C[C@@H](O)C(C)[C@@H](O[C@@H]2O[C@H](C)[C@@H](O)[C@H](N(C)C)[C@H]2O)[C@@H](CCN2C[C@H](C)C[C@H](C)C2)C[C@@H](C)C(=O)/C=C/C(C)=C/[C@@H]1CO[C@@H]1O[C@H](C)[C@@H](O)[C@@H](OC)[C@H]1OC.O=P(O)(O)O. The minimum atomic E-state index is -4.64. The van der Waals surface area contributed by atoms with Crippen LogP contribution in [0.25, 0.3) is 0 Å². The first kappa shape index (κ1) is 58.6. The number of aliphatic hydroxyl groups is 4. The Morgan fingerprint density at radius 2 is 1.39 bits per heavy atom. The van der Waals surface area contributed by atoms with Crippen molar-refractivity contribution in [2.24, 2.45) is 35.5 Å². The highest BCUT2D eigenvalue weighted by Crippen LogP contribution is 2.36. The number of carbonyl (C=O) groups excluding carboxylic acids is 2. The Balaban J connectivity index is 0.00000219. The molecule has 0 aromatic rings. The quantitative estimate of drug-likeness (QED) is 0.109. The van der Waals surface area contributed by atoms with Gasteiger partial charge in [0.25, 0.3) is 0 Å². The lowest BCUT2D eigenvalue weighted by Gasteiger charge is -2.47. The number of likely N-dealkylation sites (tertiary alicyclic amines) is 1. The molecular weight excluding hydrogens is 883 g/mol. The fourth-order valence-electron chi connectivity index (χ4n) is 10.0. The molecule has 3 saturated heterocycles. The van der Waals surface area contributed by atoms with Gasteiger partial charge in [0.15, 0.2) is 18.4 Å². The molecule has 0 saturated carbocycles. The van der Waals surface area contributed by atoms with Gasteiger partial charge in [-0.25, -0.2) is 4.57 Å². The van der Waals surface area contributed by atoms with E-state index in [-0.39, 0.29) is 24.7 Å². The molecule has 0 amide bonds.